The van der Waals surface area contributed by atoms with E-state index in [4.69, 9.17) is 5.11 Å². The maximum absolute atomic E-state index is 11.2. The lowest BCUT2D eigenvalue weighted by atomic mass is 10.2. The molecule has 0 radical (unpaired) electrons. The lowest BCUT2D eigenvalue weighted by Gasteiger charge is -2.14. The van der Waals surface area contributed by atoms with E-state index < -0.39 is 11.2 Å². The molecular formula is C9H15NO3S. The number of rotatable bonds is 3. The van der Waals surface area contributed by atoms with Crippen molar-refractivity contribution in [2.24, 2.45) is 0 Å². The fourth-order valence-electron chi connectivity index (χ4n) is 1.40. The number of carboxylic acids is 1. The number of amides is 1. The SMILES string of the molecule is CC(SC1CCCNC(=O)C1)C(=O)O. The number of carbonyl (C=O) groups is 2. The summed E-state index contributed by atoms with van der Waals surface area (Å²) in [6, 6.07) is 0. The van der Waals surface area contributed by atoms with Crippen molar-refractivity contribution in [2.45, 2.75) is 36.7 Å². The molecule has 1 heterocycles. The molecule has 0 aromatic heterocycles. The van der Waals surface area contributed by atoms with Crippen molar-refractivity contribution in [3.05, 3.63) is 0 Å². The van der Waals surface area contributed by atoms with E-state index in [0.717, 1.165) is 19.4 Å². The Morgan fingerprint density at radius 2 is 2.43 bits per heavy atom. The lowest BCUT2D eigenvalue weighted by molar-refractivity contribution is -0.136. The zero-order valence-electron chi connectivity index (χ0n) is 8.16. The topological polar surface area (TPSA) is 66.4 Å². The van der Waals surface area contributed by atoms with Crippen molar-refractivity contribution in [3.63, 3.8) is 0 Å². The molecule has 2 atom stereocenters. The van der Waals surface area contributed by atoms with Gasteiger partial charge in [-0.2, -0.15) is 0 Å². The Labute approximate surface area is 87.4 Å². The Balaban J connectivity index is 2.42. The molecule has 0 aromatic carbocycles. The van der Waals surface area contributed by atoms with E-state index in [2.05, 4.69) is 5.32 Å². The van der Waals surface area contributed by atoms with Gasteiger partial charge in [-0.25, -0.2) is 0 Å². The van der Waals surface area contributed by atoms with E-state index in [1.807, 2.05) is 0 Å². The van der Waals surface area contributed by atoms with Crippen LogP contribution in [0.2, 0.25) is 0 Å². The van der Waals surface area contributed by atoms with Crippen LogP contribution in [0, 0.1) is 0 Å². The molecule has 4 nitrogen and oxygen atoms in total. The molecule has 1 fully saturated rings. The standard InChI is InChI=1S/C9H15NO3S/c1-6(9(12)13)14-7-3-2-4-10-8(11)5-7/h6-7H,2-5H2,1H3,(H,10,11)(H,12,13). The van der Waals surface area contributed by atoms with E-state index in [0.29, 0.717) is 6.42 Å². The van der Waals surface area contributed by atoms with Crippen LogP contribution in [0.15, 0.2) is 0 Å². The number of hydrogen-bond acceptors (Lipinski definition) is 3. The molecule has 1 rings (SSSR count). The predicted octanol–water partition coefficient (Wildman–Crippen LogP) is 0.861. The minimum Gasteiger partial charge on any atom is -0.480 e. The first-order chi connectivity index (χ1) is 6.59. The van der Waals surface area contributed by atoms with Crippen LogP contribution in [-0.4, -0.2) is 34.0 Å². The van der Waals surface area contributed by atoms with Gasteiger partial charge >= 0.3 is 5.97 Å². The Morgan fingerprint density at radius 1 is 1.71 bits per heavy atom. The van der Waals surface area contributed by atoms with Crippen molar-refractivity contribution >= 4 is 23.6 Å². The summed E-state index contributed by atoms with van der Waals surface area (Å²) in [6.07, 6.45) is 2.30. The quantitative estimate of drug-likeness (QED) is 0.736. The van der Waals surface area contributed by atoms with Gasteiger partial charge in [0, 0.05) is 18.2 Å². The molecule has 0 aromatic rings. The van der Waals surface area contributed by atoms with Crippen LogP contribution >= 0.6 is 11.8 Å². The fourth-order valence-corrected chi connectivity index (χ4v) is 2.65. The molecule has 1 amide bonds. The van der Waals surface area contributed by atoms with Crippen LogP contribution in [0.3, 0.4) is 0 Å². The summed E-state index contributed by atoms with van der Waals surface area (Å²) in [5, 5.41) is 11.2. The van der Waals surface area contributed by atoms with Crippen molar-refractivity contribution in [1.29, 1.82) is 0 Å². The van der Waals surface area contributed by atoms with E-state index >= 15 is 0 Å². The molecule has 1 aliphatic heterocycles. The monoisotopic (exact) mass is 217 g/mol. The van der Waals surface area contributed by atoms with E-state index in [1.165, 1.54) is 11.8 Å². The zero-order chi connectivity index (χ0) is 10.6. The third-order valence-electron chi connectivity index (χ3n) is 2.18. The summed E-state index contributed by atoms with van der Waals surface area (Å²) in [5.41, 5.74) is 0. The summed E-state index contributed by atoms with van der Waals surface area (Å²) in [4.78, 5) is 21.8. The van der Waals surface area contributed by atoms with E-state index in [9.17, 15) is 9.59 Å². The summed E-state index contributed by atoms with van der Waals surface area (Å²) in [7, 11) is 0. The Morgan fingerprint density at radius 3 is 3.07 bits per heavy atom. The summed E-state index contributed by atoms with van der Waals surface area (Å²) in [5.74, 6) is -0.766. The molecule has 0 bridgehead atoms. The molecule has 2 unspecified atom stereocenters. The maximum atomic E-state index is 11.2. The molecule has 5 heteroatoms. The van der Waals surface area contributed by atoms with Crippen LogP contribution < -0.4 is 5.32 Å². The Hall–Kier alpha value is -0.710. The molecule has 0 aliphatic carbocycles. The summed E-state index contributed by atoms with van der Waals surface area (Å²) >= 11 is 1.39. The number of carbonyl (C=O) groups excluding carboxylic acids is 1. The fraction of sp³-hybridized carbons (Fsp3) is 0.778. The first-order valence-corrected chi connectivity index (χ1v) is 5.69. The van der Waals surface area contributed by atoms with Gasteiger partial charge in [-0.1, -0.05) is 0 Å². The predicted molar refractivity (Wildman–Crippen MR) is 55.3 cm³/mol. The average Bonchev–Trinajstić information content (AvgIpc) is 2.29. The van der Waals surface area contributed by atoms with Gasteiger partial charge in [-0.15, -0.1) is 11.8 Å². The Bertz CT molecular complexity index is 232. The van der Waals surface area contributed by atoms with Gasteiger partial charge < -0.3 is 10.4 Å². The van der Waals surface area contributed by atoms with Gasteiger partial charge in [-0.3, -0.25) is 9.59 Å². The molecule has 0 saturated carbocycles. The van der Waals surface area contributed by atoms with Gasteiger partial charge in [0.2, 0.25) is 5.91 Å². The van der Waals surface area contributed by atoms with E-state index in [1.54, 1.807) is 6.92 Å². The van der Waals surface area contributed by atoms with Crippen LogP contribution in [0.5, 0.6) is 0 Å². The second kappa shape index (κ2) is 5.24. The molecule has 0 spiro atoms. The normalized spacial score (nSPS) is 24.9. The highest BCUT2D eigenvalue weighted by Gasteiger charge is 2.22. The first kappa shape index (κ1) is 11.4. The number of thioether (sulfide) groups is 1. The second-order valence-electron chi connectivity index (χ2n) is 3.43. The lowest BCUT2D eigenvalue weighted by Crippen LogP contribution is -2.24. The van der Waals surface area contributed by atoms with Crippen LogP contribution in [-0.2, 0) is 9.59 Å². The van der Waals surface area contributed by atoms with Crippen molar-refractivity contribution in [2.75, 3.05) is 6.54 Å². The summed E-state index contributed by atoms with van der Waals surface area (Å²) < 4.78 is 0. The molecule has 1 aliphatic rings. The van der Waals surface area contributed by atoms with Crippen LogP contribution in [0.25, 0.3) is 0 Å². The van der Waals surface area contributed by atoms with Crippen molar-refractivity contribution in [1.82, 2.24) is 5.32 Å². The summed E-state index contributed by atoms with van der Waals surface area (Å²) in [6.45, 7) is 2.38. The van der Waals surface area contributed by atoms with Crippen molar-refractivity contribution in [3.8, 4) is 0 Å². The number of hydrogen-bond donors (Lipinski definition) is 2. The molecule has 1 saturated heterocycles. The molecular weight excluding hydrogens is 202 g/mol. The minimum absolute atomic E-state index is 0.0394. The second-order valence-corrected chi connectivity index (χ2v) is 5.08. The van der Waals surface area contributed by atoms with Gasteiger partial charge in [-0.05, 0) is 19.8 Å². The molecule has 14 heavy (non-hydrogen) atoms. The third-order valence-corrected chi connectivity index (χ3v) is 3.58. The van der Waals surface area contributed by atoms with Gasteiger partial charge in [0.1, 0.15) is 0 Å². The van der Waals surface area contributed by atoms with Gasteiger partial charge in [0.15, 0.2) is 0 Å². The Kier molecular flexibility index (Phi) is 4.25. The number of carboxylic acid groups (broad SMARTS) is 1. The first-order valence-electron chi connectivity index (χ1n) is 4.74. The van der Waals surface area contributed by atoms with Crippen molar-refractivity contribution < 1.29 is 14.7 Å². The van der Waals surface area contributed by atoms with Gasteiger partial charge in [0.25, 0.3) is 0 Å². The highest BCUT2D eigenvalue weighted by Crippen LogP contribution is 2.25. The molecule has 80 valence electrons. The maximum Gasteiger partial charge on any atom is 0.316 e. The number of aliphatic carboxylic acids is 1. The number of nitrogens with one attached hydrogen (secondary N) is 1. The smallest absolute Gasteiger partial charge is 0.316 e. The average molecular weight is 217 g/mol. The highest BCUT2D eigenvalue weighted by molar-refractivity contribution is 8.01. The van der Waals surface area contributed by atoms with E-state index in [-0.39, 0.29) is 11.2 Å². The van der Waals surface area contributed by atoms with Crippen LogP contribution in [0.4, 0.5) is 0 Å². The van der Waals surface area contributed by atoms with Gasteiger partial charge in [0.05, 0.1) is 5.25 Å². The largest absolute Gasteiger partial charge is 0.480 e. The minimum atomic E-state index is -0.806. The van der Waals surface area contributed by atoms with Crippen LogP contribution in [0.1, 0.15) is 26.2 Å². The molecule has 2 N–H and O–H groups in total. The highest BCUT2D eigenvalue weighted by atomic mass is 32.2. The third kappa shape index (κ3) is 3.57. The zero-order valence-corrected chi connectivity index (χ0v) is 8.97.